The zero-order chi connectivity index (χ0) is 24.9. The smallest absolute Gasteiger partial charge is 0.231 e. The van der Waals surface area contributed by atoms with Gasteiger partial charge < -0.3 is 20.2 Å². The lowest BCUT2D eigenvalue weighted by molar-refractivity contribution is -0.133. The molecule has 2 aliphatic heterocycles. The van der Waals surface area contributed by atoms with Crippen LogP contribution in [0.1, 0.15) is 74.8 Å². The Morgan fingerprint density at radius 2 is 1.92 bits per heavy atom. The molecule has 11 heteroatoms. The molecule has 1 aromatic carbocycles. The number of piperazine rings is 1. The predicted octanol–water partition coefficient (Wildman–Crippen LogP) is 4.73. The van der Waals surface area contributed by atoms with Crippen molar-refractivity contribution in [1.29, 1.82) is 0 Å². The van der Waals surface area contributed by atoms with Gasteiger partial charge in [0.25, 0.3) is 0 Å². The Balaban J connectivity index is 0.00000190. The van der Waals surface area contributed by atoms with Crippen molar-refractivity contribution >= 4 is 52.5 Å². The van der Waals surface area contributed by atoms with E-state index in [1.165, 1.54) is 12.4 Å². The van der Waals surface area contributed by atoms with Crippen molar-refractivity contribution in [1.82, 2.24) is 20.2 Å². The van der Waals surface area contributed by atoms with Crippen molar-refractivity contribution < 1.29 is 14.3 Å². The molecule has 2 saturated heterocycles. The van der Waals surface area contributed by atoms with Crippen LogP contribution in [0.3, 0.4) is 0 Å². The van der Waals surface area contributed by atoms with Gasteiger partial charge in [-0.1, -0.05) is 13.0 Å². The van der Waals surface area contributed by atoms with Gasteiger partial charge in [-0.3, -0.25) is 4.79 Å². The minimum atomic E-state index is -0.542. The van der Waals surface area contributed by atoms with Gasteiger partial charge in [0.2, 0.25) is 5.91 Å². The van der Waals surface area contributed by atoms with E-state index in [1.807, 2.05) is 11.0 Å². The maximum Gasteiger partial charge on any atom is 0.231 e. The Labute approximate surface area is 238 Å². The number of carbonyl (C=O) groups is 1. The zero-order valence-electron chi connectivity index (χ0n) is 21.3. The first-order valence-electron chi connectivity index (χ1n) is 12.4. The predicted molar refractivity (Wildman–Crippen MR) is 150 cm³/mol. The number of halogens is 4. The Kier molecular flexibility index (Phi) is 9.49. The van der Waals surface area contributed by atoms with Crippen molar-refractivity contribution in [2.45, 2.75) is 69.6 Å². The molecule has 2 aromatic rings. The fourth-order valence-corrected chi connectivity index (χ4v) is 6.20. The maximum atomic E-state index is 14.5. The van der Waals surface area contributed by atoms with E-state index in [0.717, 1.165) is 29.9 Å². The molecule has 2 N–H and O–H groups in total. The maximum absolute atomic E-state index is 14.5. The van der Waals surface area contributed by atoms with Gasteiger partial charge in [0.1, 0.15) is 18.0 Å². The van der Waals surface area contributed by atoms with Crippen molar-refractivity contribution in [2.24, 2.45) is 0 Å². The van der Waals surface area contributed by atoms with Crippen molar-refractivity contribution in [3.05, 3.63) is 51.6 Å². The van der Waals surface area contributed by atoms with Gasteiger partial charge in [0.15, 0.2) is 0 Å². The summed E-state index contributed by atoms with van der Waals surface area (Å²) in [4.78, 5) is 26.9. The van der Waals surface area contributed by atoms with Crippen molar-refractivity contribution in [3.63, 3.8) is 0 Å². The van der Waals surface area contributed by atoms with Gasteiger partial charge in [-0.15, -0.1) is 24.8 Å². The molecule has 0 saturated carbocycles. The number of aliphatic hydroxyl groups is 1. The van der Waals surface area contributed by atoms with Crippen LogP contribution in [0.25, 0.3) is 0 Å². The average Bonchev–Trinajstić information content (AvgIpc) is 3.34. The molecule has 1 aliphatic carbocycles. The number of hydrogen-bond acceptors (Lipinski definition) is 6. The first kappa shape index (κ1) is 30.0. The lowest BCUT2D eigenvalue weighted by Crippen LogP contribution is -2.53. The van der Waals surface area contributed by atoms with Gasteiger partial charge in [-0.2, -0.15) is 0 Å². The fraction of sp³-hybridized carbons (Fsp3) is 0.577. The molecule has 3 heterocycles. The summed E-state index contributed by atoms with van der Waals surface area (Å²) in [5.41, 5.74) is 2.42. The molecule has 204 valence electrons. The summed E-state index contributed by atoms with van der Waals surface area (Å²) in [7, 11) is 0. The number of aromatic nitrogens is 2. The SMILES string of the molecule is C[C@@H]1C[C@@H](O)c2ncnc(N3CCN(C(=O)C(c4ccc(Br)c(F)c4)C4CCC(C)(C)N4)CC3)c21.Cl.Cl. The lowest BCUT2D eigenvalue weighted by Gasteiger charge is -2.39. The highest BCUT2D eigenvalue weighted by Gasteiger charge is 2.41. The van der Waals surface area contributed by atoms with Crippen molar-refractivity contribution in [3.8, 4) is 0 Å². The van der Waals surface area contributed by atoms with Crippen LogP contribution in [0.4, 0.5) is 10.2 Å². The molecule has 5 rings (SSSR count). The molecule has 37 heavy (non-hydrogen) atoms. The third kappa shape index (κ3) is 5.91. The minimum absolute atomic E-state index is 0. The summed E-state index contributed by atoms with van der Waals surface area (Å²) < 4.78 is 14.9. The molecule has 1 amide bonds. The second-order valence-electron chi connectivity index (χ2n) is 10.8. The number of fused-ring (bicyclic) bond motifs is 1. The Morgan fingerprint density at radius 1 is 1.22 bits per heavy atom. The van der Waals surface area contributed by atoms with Crippen LogP contribution >= 0.6 is 40.7 Å². The van der Waals surface area contributed by atoms with Crippen LogP contribution in [-0.2, 0) is 4.79 Å². The molecule has 0 bridgehead atoms. The lowest BCUT2D eigenvalue weighted by atomic mass is 9.88. The van der Waals surface area contributed by atoms with E-state index < -0.39 is 12.0 Å². The van der Waals surface area contributed by atoms with Crippen molar-refractivity contribution in [2.75, 3.05) is 31.1 Å². The van der Waals surface area contributed by atoms with Crippen LogP contribution in [0.15, 0.2) is 29.0 Å². The quantitative estimate of drug-likeness (QED) is 0.516. The van der Waals surface area contributed by atoms with E-state index in [9.17, 15) is 14.3 Å². The van der Waals surface area contributed by atoms with E-state index in [4.69, 9.17) is 0 Å². The van der Waals surface area contributed by atoms with E-state index in [1.54, 1.807) is 6.07 Å². The second-order valence-corrected chi connectivity index (χ2v) is 11.6. The number of rotatable bonds is 4. The molecule has 3 aliphatic rings. The fourth-order valence-electron chi connectivity index (χ4n) is 5.95. The number of carbonyl (C=O) groups excluding carboxylic acids is 1. The second kappa shape index (κ2) is 11.7. The van der Waals surface area contributed by atoms with Crippen LogP contribution in [-0.4, -0.2) is 63.6 Å². The van der Waals surface area contributed by atoms with E-state index in [-0.39, 0.29) is 54.0 Å². The van der Waals surface area contributed by atoms with Crippen LogP contribution < -0.4 is 10.2 Å². The Morgan fingerprint density at radius 3 is 2.54 bits per heavy atom. The molecule has 4 atom stereocenters. The first-order chi connectivity index (χ1) is 16.6. The number of hydrogen-bond donors (Lipinski definition) is 2. The Hall–Kier alpha value is -1.52. The number of anilines is 1. The molecule has 7 nitrogen and oxygen atoms in total. The number of nitrogens with one attached hydrogen (secondary N) is 1. The third-order valence-electron chi connectivity index (χ3n) is 7.80. The van der Waals surface area contributed by atoms with E-state index in [0.29, 0.717) is 42.6 Å². The van der Waals surface area contributed by atoms with Gasteiger partial charge >= 0.3 is 0 Å². The van der Waals surface area contributed by atoms with Gasteiger partial charge in [0.05, 0.1) is 22.2 Å². The summed E-state index contributed by atoms with van der Waals surface area (Å²) in [5.74, 6) is 0.320. The summed E-state index contributed by atoms with van der Waals surface area (Å²) in [6.07, 6.45) is 3.49. The molecule has 1 aromatic heterocycles. The highest BCUT2D eigenvalue weighted by atomic mass is 79.9. The van der Waals surface area contributed by atoms with Gasteiger partial charge in [-0.25, -0.2) is 14.4 Å². The number of aliphatic hydroxyl groups excluding tert-OH is 1. The standard InChI is InChI=1S/C26H33BrFN5O2.2ClH/c1-15-12-20(34)23-21(15)24(30-14-29-23)32-8-10-33(11-9-32)25(35)22(19-6-7-26(2,3)31-19)16-4-5-17(27)18(28)13-16;;/h4-5,13-15,19-20,22,31,34H,6-12H2,1-3H3;2*1H/t15-,19?,20-,22?;;/m1../s1. The number of amides is 1. The van der Waals surface area contributed by atoms with E-state index in [2.05, 4.69) is 56.9 Å². The highest BCUT2D eigenvalue weighted by molar-refractivity contribution is 9.10. The molecule has 2 fully saturated rings. The van der Waals surface area contributed by atoms with Gasteiger partial charge in [-0.05, 0) is 72.7 Å². The topological polar surface area (TPSA) is 81.6 Å². The number of nitrogens with zero attached hydrogens (tertiary/aromatic N) is 4. The first-order valence-corrected chi connectivity index (χ1v) is 13.2. The third-order valence-corrected chi connectivity index (χ3v) is 8.44. The van der Waals surface area contributed by atoms with Crippen LogP contribution in [0.2, 0.25) is 0 Å². The molecular weight excluding hydrogens is 584 g/mol. The van der Waals surface area contributed by atoms with Crippen LogP contribution in [0.5, 0.6) is 0 Å². The summed E-state index contributed by atoms with van der Waals surface area (Å²) >= 11 is 3.23. The van der Waals surface area contributed by atoms with Crippen LogP contribution in [0, 0.1) is 5.82 Å². The molecule has 0 radical (unpaired) electrons. The van der Waals surface area contributed by atoms with Gasteiger partial charge in [0, 0.05) is 43.3 Å². The zero-order valence-corrected chi connectivity index (χ0v) is 24.5. The normalized spacial score (nSPS) is 25.2. The monoisotopic (exact) mass is 617 g/mol. The summed E-state index contributed by atoms with van der Waals surface area (Å²) in [6, 6.07) is 5.00. The minimum Gasteiger partial charge on any atom is -0.387 e. The average molecular weight is 619 g/mol. The largest absolute Gasteiger partial charge is 0.387 e. The Bertz CT molecular complexity index is 1130. The number of benzene rings is 1. The molecule has 2 unspecified atom stereocenters. The summed E-state index contributed by atoms with van der Waals surface area (Å²) in [5, 5.41) is 14.0. The highest BCUT2D eigenvalue weighted by Crippen LogP contribution is 2.43. The summed E-state index contributed by atoms with van der Waals surface area (Å²) in [6.45, 7) is 8.84. The van der Waals surface area contributed by atoms with E-state index >= 15 is 0 Å². The molecule has 0 spiro atoms. The molecular formula is C26H35BrCl2FN5O2.